The number of aromatic nitrogens is 2. The Morgan fingerprint density at radius 2 is 1.90 bits per heavy atom. The number of amides is 2. The quantitative estimate of drug-likeness (QED) is 0.649. The normalized spacial score (nSPS) is 14.6. The van der Waals surface area contributed by atoms with Gasteiger partial charge in [-0.1, -0.05) is 54.8 Å². The predicted octanol–water partition coefficient (Wildman–Crippen LogP) is 3.77. The van der Waals surface area contributed by atoms with Gasteiger partial charge < -0.3 is 15.2 Å². The number of rotatable bonds is 6. The fourth-order valence-corrected chi connectivity index (χ4v) is 3.96. The highest BCUT2D eigenvalue weighted by Gasteiger charge is 2.20. The highest BCUT2D eigenvalue weighted by molar-refractivity contribution is 6.07. The largest absolute Gasteiger partial charge is 0.353 e. The smallest absolute Gasteiger partial charge is 0.259 e. The third kappa shape index (κ3) is 4.50. The zero-order valence-corrected chi connectivity index (χ0v) is 17.1. The molecule has 1 saturated carbocycles. The van der Waals surface area contributed by atoms with E-state index < -0.39 is 0 Å². The average molecular weight is 406 g/mol. The lowest BCUT2D eigenvalue weighted by Gasteiger charge is -2.22. The molecule has 0 unspecified atom stereocenters. The fourth-order valence-electron chi connectivity index (χ4n) is 3.96. The van der Waals surface area contributed by atoms with E-state index in [2.05, 4.69) is 20.8 Å². The molecule has 0 aliphatic heterocycles. The first-order valence-corrected chi connectivity index (χ1v) is 10.5. The molecular weight excluding hydrogens is 380 g/mol. The summed E-state index contributed by atoms with van der Waals surface area (Å²) in [6.45, 7) is 2.05. The van der Waals surface area contributed by atoms with Crippen LogP contribution < -0.4 is 10.6 Å². The van der Waals surface area contributed by atoms with Crippen LogP contribution >= 0.6 is 0 Å². The number of fused-ring (bicyclic) bond motifs is 1. The van der Waals surface area contributed by atoms with Gasteiger partial charge >= 0.3 is 0 Å². The second kappa shape index (κ2) is 9.07. The maximum absolute atomic E-state index is 12.9. The topological polar surface area (TPSA) is 97.1 Å². The van der Waals surface area contributed by atoms with Crippen LogP contribution in [0.4, 0.5) is 0 Å². The minimum Gasteiger partial charge on any atom is -0.353 e. The molecule has 7 nitrogen and oxygen atoms in total. The molecule has 3 aromatic rings. The third-order valence-electron chi connectivity index (χ3n) is 5.54. The van der Waals surface area contributed by atoms with Gasteiger partial charge in [0.25, 0.3) is 11.6 Å². The van der Waals surface area contributed by atoms with Crippen molar-refractivity contribution in [3.8, 4) is 11.3 Å². The first-order chi connectivity index (χ1) is 14.6. The number of pyridine rings is 1. The molecule has 0 radical (unpaired) electrons. The highest BCUT2D eigenvalue weighted by atomic mass is 16.5. The molecule has 1 aliphatic carbocycles. The number of carbonyl (C=O) groups is 2. The molecule has 0 atom stereocenters. The summed E-state index contributed by atoms with van der Waals surface area (Å²) >= 11 is 0. The van der Waals surface area contributed by atoms with Crippen molar-refractivity contribution in [1.82, 2.24) is 20.8 Å². The van der Waals surface area contributed by atoms with Crippen LogP contribution in [0.3, 0.4) is 0 Å². The number of hydrogen-bond acceptors (Lipinski definition) is 5. The van der Waals surface area contributed by atoms with E-state index >= 15 is 0 Å². The van der Waals surface area contributed by atoms with Gasteiger partial charge in [-0.05, 0) is 25.8 Å². The van der Waals surface area contributed by atoms with Crippen LogP contribution in [-0.2, 0) is 4.79 Å². The zero-order chi connectivity index (χ0) is 20.9. The summed E-state index contributed by atoms with van der Waals surface area (Å²) in [5.41, 5.74) is 2.91. The van der Waals surface area contributed by atoms with E-state index in [0.29, 0.717) is 28.1 Å². The van der Waals surface area contributed by atoms with E-state index in [1.807, 2.05) is 30.3 Å². The second-order valence-corrected chi connectivity index (χ2v) is 7.78. The van der Waals surface area contributed by atoms with Crippen molar-refractivity contribution < 1.29 is 14.1 Å². The number of benzene rings is 1. The first kappa shape index (κ1) is 20.1. The SMILES string of the molecule is Cc1noc2nc(-c3ccccc3)cc(C(=O)NCCC(=O)NC3CCCCC3)c12. The monoisotopic (exact) mass is 406 g/mol. The standard InChI is InChI=1S/C23H26N4O3/c1-15-21-18(14-19(26-23(21)30-27-15)16-8-4-2-5-9-16)22(29)24-13-12-20(28)25-17-10-6-3-7-11-17/h2,4-5,8-9,14,17H,3,6-7,10-13H2,1H3,(H,24,29)(H,25,28). The lowest BCUT2D eigenvalue weighted by Crippen LogP contribution is -2.38. The molecule has 2 heterocycles. The Labute approximate surface area is 175 Å². The number of hydrogen-bond donors (Lipinski definition) is 2. The molecule has 4 rings (SSSR count). The molecule has 1 aliphatic rings. The summed E-state index contributed by atoms with van der Waals surface area (Å²) in [5.74, 6) is -0.287. The number of nitrogens with zero attached hydrogens (tertiary/aromatic N) is 2. The van der Waals surface area contributed by atoms with Crippen LogP contribution in [-0.4, -0.2) is 34.5 Å². The Morgan fingerprint density at radius 3 is 2.67 bits per heavy atom. The van der Waals surface area contributed by atoms with Gasteiger partial charge in [-0.3, -0.25) is 9.59 Å². The molecule has 2 amide bonds. The Kier molecular flexibility index (Phi) is 6.07. The molecule has 1 fully saturated rings. The minimum absolute atomic E-state index is 0.0202. The lowest BCUT2D eigenvalue weighted by atomic mass is 9.95. The average Bonchev–Trinajstić information content (AvgIpc) is 3.15. The summed E-state index contributed by atoms with van der Waals surface area (Å²) in [5, 5.41) is 10.5. The summed E-state index contributed by atoms with van der Waals surface area (Å²) in [7, 11) is 0. The van der Waals surface area contributed by atoms with Gasteiger partial charge in [0.1, 0.15) is 0 Å². The van der Waals surface area contributed by atoms with Crippen LogP contribution in [0.1, 0.15) is 54.6 Å². The van der Waals surface area contributed by atoms with Gasteiger partial charge in [0.15, 0.2) is 0 Å². The predicted molar refractivity (Wildman–Crippen MR) is 114 cm³/mol. The highest BCUT2D eigenvalue weighted by Crippen LogP contribution is 2.27. The second-order valence-electron chi connectivity index (χ2n) is 7.78. The van der Waals surface area contributed by atoms with E-state index in [0.717, 1.165) is 18.4 Å². The van der Waals surface area contributed by atoms with Crippen molar-refractivity contribution in [1.29, 1.82) is 0 Å². The van der Waals surface area contributed by atoms with E-state index in [-0.39, 0.29) is 30.8 Å². The number of aryl methyl sites for hydroxylation is 1. The van der Waals surface area contributed by atoms with Gasteiger partial charge in [-0.2, -0.15) is 0 Å². The molecule has 0 saturated heterocycles. The van der Waals surface area contributed by atoms with Gasteiger partial charge in [-0.25, -0.2) is 4.98 Å². The van der Waals surface area contributed by atoms with Gasteiger partial charge in [-0.15, -0.1) is 0 Å². The lowest BCUT2D eigenvalue weighted by molar-refractivity contribution is -0.121. The van der Waals surface area contributed by atoms with Crippen molar-refractivity contribution in [2.45, 2.75) is 51.5 Å². The van der Waals surface area contributed by atoms with Crippen LogP contribution in [0.2, 0.25) is 0 Å². The van der Waals surface area contributed by atoms with E-state index in [4.69, 9.17) is 4.52 Å². The van der Waals surface area contributed by atoms with Gasteiger partial charge in [0.2, 0.25) is 5.91 Å². The molecule has 0 spiro atoms. The Balaban J connectivity index is 1.45. The number of nitrogens with one attached hydrogen (secondary N) is 2. The van der Waals surface area contributed by atoms with Crippen molar-refractivity contribution in [2.75, 3.05) is 6.54 Å². The summed E-state index contributed by atoms with van der Waals surface area (Å²) in [4.78, 5) is 29.6. The molecule has 2 aromatic heterocycles. The van der Waals surface area contributed by atoms with Crippen molar-refractivity contribution in [3.05, 3.63) is 47.7 Å². The zero-order valence-electron chi connectivity index (χ0n) is 17.1. The Hall–Kier alpha value is -3.22. The van der Waals surface area contributed by atoms with Crippen molar-refractivity contribution in [2.24, 2.45) is 0 Å². The number of carbonyl (C=O) groups excluding carboxylic acids is 2. The van der Waals surface area contributed by atoms with Crippen LogP contribution in [0.25, 0.3) is 22.4 Å². The molecule has 0 bridgehead atoms. The molecule has 156 valence electrons. The van der Waals surface area contributed by atoms with E-state index in [1.165, 1.54) is 19.3 Å². The van der Waals surface area contributed by atoms with Gasteiger partial charge in [0, 0.05) is 24.6 Å². The van der Waals surface area contributed by atoms with E-state index in [9.17, 15) is 9.59 Å². The van der Waals surface area contributed by atoms with Crippen molar-refractivity contribution in [3.63, 3.8) is 0 Å². The summed E-state index contributed by atoms with van der Waals surface area (Å²) in [6.07, 6.45) is 5.92. The maximum atomic E-state index is 12.9. The van der Waals surface area contributed by atoms with Crippen LogP contribution in [0, 0.1) is 6.92 Å². The minimum atomic E-state index is -0.267. The Morgan fingerprint density at radius 1 is 1.13 bits per heavy atom. The molecule has 1 aromatic carbocycles. The first-order valence-electron chi connectivity index (χ1n) is 10.5. The molecule has 2 N–H and O–H groups in total. The molecule has 30 heavy (non-hydrogen) atoms. The molecular formula is C23H26N4O3. The van der Waals surface area contributed by atoms with Crippen LogP contribution in [0.15, 0.2) is 40.9 Å². The molecule has 7 heteroatoms. The maximum Gasteiger partial charge on any atom is 0.259 e. The summed E-state index contributed by atoms with van der Waals surface area (Å²) < 4.78 is 5.32. The van der Waals surface area contributed by atoms with E-state index in [1.54, 1.807) is 13.0 Å². The third-order valence-corrected chi connectivity index (χ3v) is 5.54. The summed E-state index contributed by atoms with van der Waals surface area (Å²) in [6, 6.07) is 11.6. The fraction of sp³-hybridized carbons (Fsp3) is 0.391. The van der Waals surface area contributed by atoms with Gasteiger partial charge in [0.05, 0.1) is 22.3 Å². The Bertz CT molecular complexity index is 1040. The van der Waals surface area contributed by atoms with Crippen LogP contribution in [0.5, 0.6) is 0 Å². The van der Waals surface area contributed by atoms with Crippen molar-refractivity contribution >= 4 is 22.9 Å².